The Morgan fingerprint density at radius 3 is 2.59 bits per heavy atom. The molecular formula is C13H20ClNO2. The summed E-state index contributed by atoms with van der Waals surface area (Å²) in [6, 6.07) is 3.51. The highest BCUT2D eigenvalue weighted by molar-refractivity contribution is 6.32. The molecule has 2 atom stereocenters. The highest BCUT2D eigenvalue weighted by atomic mass is 35.5. The molecule has 0 amide bonds. The van der Waals surface area contributed by atoms with Crippen LogP contribution in [0.5, 0.6) is 5.75 Å². The van der Waals surface area contributed by atoms with E-state index < -0.39 is 0 Å². The van der Waals surface area contributed by atoms with Crippen LogP contribution in [-0.2, 0) is 0 Å². The van der Waals surface area contributed by atoms with Crippen LogP contribution in [0.1, 0.15) is 30.5 Å². The van der Waals surface area contributed by atoms with E-state index in [1.54, 1.807) is 7.11 Å². The number of methoxy groups -OCH3 is 1. The van der Waals surface area contributed by atoms with Crippen LogP contribution in [0.3, 0.4) is 0 Å². The molecule has 17 heavy (non-hydrogen) atoms. The number of aliphatic hydroxyl groups is 1. The number of hydrogen-bond acceptors (Lipinski definition) is 3. The van der Waals surface area contributed by atoms with Gasteiger partial charge < -0.3 is 15.6 Å². The van der Waals surface area contributed by atoms with Crippen molar-refractivity contribution in [1.29, 1.82) is 0 Å². The molecule has 1 aromatic carbocycles. The number of nitrogens with two attached hydrogens (primary N) is 1. The lowest BCUT2D eigenvalue weighted by atomic mass is 9.89. The van der Waals surface area contributed by atoms with E-state index >= 15 is 0 Å². The molecular weight excluding hydrogens is 238 g/mol. The maximum absolute atomic E-state index is 9.28. The van der Waals surface area contributed by atoms with Crippen LogP contribution in [0.2, 0.25) is 5.02 Å². The topological polar surface area (TPSA) is 55.5 Å². The van der Waals surface area contributed by atoms with Crippen LogP contribution in [0, 0.1) is 12.8 Å². The SMILES string of the molecule is CCC(CO)C(N)c1cc(Cl)c(OC)cc1C. The number of halogens is 1. The van der Waals surface area contributed by atoms with Crippen molar-refractivity contribution in [1.82, 2.24) is 0 Å². The van der Waals surface area contributed by atoms with Gasteiger partial charge in [-0.1, -0.05) is 18.5 Å². The zero-order valence-corrected chi connectivity index (χ0v) is 11.3. The molecule has 0 heterocycles. The summed E-state index contributed by atoms with van der Waals surface area (Å²) in [5.41, 5.74) is 8.16. The van der Waals surface area contributed by atoms with Gasteiger partial charge in [-0.05, 0) is 36.6 Å². The molecule has 96 valence electrons. The predicted octanol–water partition coefficient (Wildman–Crippen LogP) is 2.68. The van der Waals surface area contributed by atoms with Crippen LogP contribution >= 0.6 is 11.6 Å². The van der Waals surface area contributed by atoms with Crippen LogP contribution < -0.4 is 10.5 Å². The molecule has 3 N–H and O–H groups in total. The highest BCUT2D eigenvalue weighted by Crippen LogP contribution is 2.33. The van der Waals surface area contributed by atoms with Gasteiger partial charge in [0.2, 0.25) is 0 Å². The van der Waals surface area contributed by atoms with E-state index in [2.05, 4.69) is 0 Å². The van der Waals surface area contributed by atoms with E-state index in [1.807, 2.05) is 26.0 Å². The van der Waals surface area contributed by atoms with Crippen molar-refractivity contribution in [3.05, 3.63) is 28.3 Å². The quantitative estimate of drug-likeness (QED) is 0.853. The second kappa shape index (κ2) is 6.24. The second-order valence-electron chi connectivity index (χ2n) is 4.22. The summed E-state index contributed by atoms with van der Waals surface area (Å²) >= 11 is 6.09. The zero-order chi connectivity index (χ0) is 13.0. The van der Waals surface area contributed by atoms with Gasteiger partial charge >= 0.3 is 0 Å². The lowest BCUT2D eigenvalue weighted by Gasteiger charge is -2.23. The average molecular weight is 258 g/mol. The van der Waals surface area contributed by atoms with Crippen LogP contribution in [0.15, 0.2) is 12.1 Å². The minimum Gasteiger partial charge on any atom is -0.495 e. The Morgan fingerprint density at radius 2 is 2.12 bits per heavy atom. The molecule has 0 aromatic heterocycles. The summed E-state index contributed by atoms with van der Waals surface area (Å²) in [5.74, 6) is 0.704. The fourth-order valence-electron chi connectivity index (χ4n) is 1.94. The zero-order valence-electron chi connectivity index (χ0n) is 10.5. The van der Waals surface area contributed by atoms with E-state index in [1.165, 1.54) is 0 Å². The first-order valence-electron chi connectivity index (χ1n) is 5.75. The summed E-state index contributed by atoms with van der Waals surface area (Å²) in [6.07, 6.45) is 0.834. The van der Waals surface area contributed by atoms with Gasteiger partial charge in [0.1, 0.15) is 5.75 Å². The molecule has 0 bridgehead atoms. The Balaban J connectivity index is 3.09. The molecule has 0 aliphatic carbocycles. The third-order valence-corrected chi connectivity index (χ3v) is 3.46. The van der Waals surface area contributed by atoms with E-state index in [-0.39, 0.29) is 18.6 Å². The molecule has 2 unspecified atom stereocenters. The summed E-state index contributed by atoms with van der Waals surface area (Å²) in [6.45, 7) is 4.07. The molecule has 1 aromatic rings. The summed E-state index contributed by atoms with van der Waals surface area (Å²) in [4.78, 5) is 0. The first-order chi connectivity index (χ1) is 8.04. The first-order valence-corrected chi connectivity index (χ1v) is 6.13. The largest absolute Gasteiger partial charge is 0.495 e. The van der Waals surface area contributed by atoms with Gasteiger partial charge in [0, 0.05) is 18.6 Å². The van der Waals surface area contributed by atoms with Gasteiger partial charge in [-0.2, -0.15) is 0 Å². The molecule has 0 saturated carbocycles. The lowest BCUT2D eigenvalue weighted by molar-refractivity contribution is 0.200. The molecule has 4 heteroatoms. The van der Waals surface area contributed by atoms with Crippen molar-refractivity contribution in [2.45, 2.75) is 26.3 Å². The van der Waals surface area contributed by atoms with Gasteiger partial charge in [0.25, 0.3) is 0 Å². The Labute approximate surface area is 108 Å². The molecule has 0 fully saturated rings. The number of ether oxygens (including phenoxy) is 1. The normalized spacial score (nSPS) is 14.5. The third-order valence-electron chi connectivity index (χ3n) is 3.17. The smallest absolute Gasteiger partial charge is 0.137 e. The molecule has 0 aliphatic heterocycles. The van der Waals surface area contributed by atoms with Crippen molar-refractivity contribution in [3.8, 4) is 5.75 Å². The summed E-state index contributed by atoms with van der Waals surface area (Å²) in [7, 11) is 1.59. The summed E-state index contributed by atoms with van der Waals surface area (Å²) in [5, 5.41) is 9.83. The second-order valence-corrected chi connectivity index (χ2v) is 4.63. The van der Waals surface area contributed by atoms with Crippen molar-refractivity contribution >= 4 is 11.6 Å². The van der Waals surface area contributed by atoms with Gasteiger partial charge in [0.05, 0.1) is 12.1 Å². The van der Waals surface area contributed by atoms with Crippen molar-refractivity contribution in [2.24, 2.45) is 11.7 Å². The number of rotatable bonds is 5. The van der Waals surface area contributed by atoms with Crippen LogP contribution in [0.4, 0.5) is 0 Å². The highest BCUT2D eigenvalue weighted by Gasteiger charge is 2.20. The van der Waals surface area contributed by atoms with Crippen molar-refractivity contribution in [3.63, 3.8) is 0 Å². The number of hydrogen-bond donors (Lipinski definition) is 2. The molecule has 0 aliphatic rings. The summed E-state index contributed by atoms with van der Waals surface area (Å²) < 4.78 is 5.15. The molecule has 0 spiro atoms. The number of benzene rings is 1. The number of aryl methyl sites for hydroxylation is 1. The maximum Gasteiger partial charge on any atom is 0.137 e. The fourth-order valence-corrected chi connectivity index (χ4v) is 2.19. The molecule has 1 rings (SSSR count). The van der Waals surface area contributed by atoms with E-state index in [0.717, 1.165) is 17.5 Å². The van der Waals surface area contributed by atoms with E-state index in [4.69, 9.17) is 22.1 Å². The average Bonchev–Trinajstić information content (AvgIpc) is 2.32. The van der Waals surface area contributed by atoms with E-state index in [0.29, 0.717) is 10.8 Å². The Kier molecular flexibility index (Phi) is 5.25. The molecule has 0 radical (unpaired) electrons. The first kappa shape index (κ1) is 14.3. The van der Waals surface area contributed by atoms with Gasteiger partial charge in [-0.25, -0.2) is 0 Å². The number of aliphatic hydroxyl groups excluding tert-OH is 1. The minimum atomic E-state index is -0.201. The molecule has 3 nitrogen and oxygen atoms in total. The maximum atomic E-state index is 9.28. The van der Waals surface area contributed by atoms with Gasteiger partial charge in [0.15, 0.2) is 0 Å². The van der Waals surface area contributed by atoms with Crippen molar-refractivity contribution < 1.29 is 9.84 Å². The standard InChI is InChI=1S/C13H20ClNO2/c1-4-9(7-16)13(15)10-6-11(14)12(17-3)5-8(10)2/h5-6,9,13,16H,4,7,15H2,1-3H3. The lowest BCUT2D eigenvalue weighted by Crippen LogP contribution is -2.24. The van der Waals surface area contributed by atoms with E-state index in [9.17, 15) is 5.11 Å². The minimum absolute atomic E-state index is 0.0539. The van der Waals surface area contributed by atoms with Crippen LogP contribution in [0.25, 0.3) is 0 Å². The van der Waals surface area contributed by atoms with Crippen LogP contribution in [-0.4, -0.2) is 18.8 Å². The Morgan fingerprint density at radius 1 is 1.47 bits per heavy atom. The van der Waals surface area contributed by atoms with Gasteiger partial charge in [-0.15, -0.1) is 0 Å². The van der Waals surface area contributed by atoms with Gasteiger partial charge in [-0.3, -0.25) is 0 Å². The predicted molar refractivity (Wildman–Crippen MR) is 70.5 cm³/mol. The molecule has 0 saturated heterocycles. The Hall–Kier alpha value is -0.770. The van der Waals surface area contributed by atoms with Crippen molar-refractivity contribution in [2.75, 3.05) is 13.7 Å². The third kappa shape index (κ3) is 3.12. The fraction of sp³-hybridized carbons (Fsp3) is 0.538. The Bertz CT molecular complexity index is 378. The monoisotopic (exact) mass is 257 g/mol.